The van der Waals surface area contributed by atoms with Crippen molar-refractivity contribution in [2.45, 2.75) is 0 Å². The van der Waals surface area contributed by atoms with Crippen molar-refractivity contribution in [1.82, 2.24) is 5.32 Å². The third-order valence-corrected chi connectivity index (χ3v) is 5.27. The molecule has 2 N–H and O–H groups in total. The molecule has 0 radical (unpaired) electrons. The number of benzene rings is 2. The van der Waals surface area contributed by atoms with Crippen molar-refractivity contribution in [3.8, 4) is 0 Å². The molecular weight excluding hydrogens is 386 g/mol. The van der Waals surface area contributed by atoms with Gasteiger partial charge in [-0.25, -0.2) is 4.39 Å². The van der Waals surface area contributed by atoms with Crippen LogP contribution in [0.3, 0.4) is 0 Å². The van der Waals surface area contributed by atoms with Crippen LogP contribution in [0.15, 0.2) is 42.5 Å². The minimum Gasteiger partial charge on any atom is -0.342 e. The highest BCUT2D eigenvalue weighted by molar-refractivity contribution is 7.21. The maximum Gasteiger partial charge on any atom is 0.263 e. The van der Waals surface area contributed by atoms with Crippen LogP contribution in [-0.2, 0) is 4.79 Å². The summed E-state index contributed by atoms with van der Waals surface area (Å²) in [7, 11) is 0. The number of carbonyl (C=O) groups excluding carboxylic acids is 2. The number of carbonyl (C=O) groups is 2. The number of nitrogens with one attached hydrogen (secondary N) is 2. The van der Waals surface area contributed by atoms with E-state index in [2.05, 4.69) is 10.6 Å². The molecule has 1 aromatic heterocycles. The molecular formula is C17H11Cl2FN2O2S. The molecule has 3 rings (SSSR count). The average molecular weight is 397 g/mol. The molecule has 2 aromatic carbocycles. The van der Waals surface area contributed by atoms with Crippen LogP contribution >= 0.6 is 34.5 Å². The van der Waals surface area contributed by atoms with Crippen LogP contribution in [0.4, 0.5) is 10.1 Å². The van der Waals surface area contributed by atoms with Gasteiger partial charge in [-0.2, -0.15) is 0 Å². The second-order valence-corrected chi connectivity index (χ2v) is 6.96. The third-order valence-electron chi connectivity index (χ3n) is 3.36. The van der Waals surface area contributed by atoms with Gasteiger partial charge < -0.3 is 10.6 Å². The maximum absolute atomic E-state index is 13.6. The lowest BCUT2D eigenvalue weighted by Gasteiger charge is -2.07. The molecule has 8 heteroatoms. The van der Waals surface area contributed by atoms with Gasteiger partial charge in [0.15, 0.2) is 0 Å². The minimum atomic E-state index is -0.653. The Morgan fingerprint density at radius 3 is 2.60 bits per heavy atom. The monoisotopic (exact) mass is 396 g/mol. The summed E-state index contributed by atoms with van der Waals surface area (Å²) in [6, 6.07) is 11.3. The Labute approximate surface area is 156 Å². The Morgan fingerprint density at radius 1 is 1.12 bits per heavy atom. The molecule has 0 fully saturated rings. The Balaban J connectivity index is 1.65. The molecule has 0 saturated carbocycles. The molecule has 0 aliphatic carbocycles. The lowest BCUT2D eigenvalue weighted by atomic mass is 10.2. The molecule has 0 unspecified atom stereocenters. The fourth-order valence-corrected chi connectivity index (χ4v) is 3.78. The van der Waals surface area contributed by atoms with Crippen LogP contribution in [0.5, 0.6) is 0 Å². The molecule has 0 atom stereocenters. The largest absolute Gasteiger partial charge is 0.342 e. The first-order valence-corrected chi connectivity index (χ1v) is 8.73. The third kappa shape index (κ3) is 3.92. The Bertz CT molecular complexity index is 974. The number of hydrogen-bond donors (Lipinski definition) is 2. The standard InChI is InChI=1S/C17H11Cl2FN2O2S/c18-9-5-6-12(11(20)7-9)22-14(23)8-21-17(24)16-15(19)10-3-1-2-4-13(10)25-16/h1-7H,8H2,(H,21,24)(H,22,23). The van der Waals surface area contributed by atoms with Crippen molar-refractivity contribution in [3.05, 3.63) is 63.2 Å². The summed E-state index contributed by atoms with van der Waals surface area (Å²) in [5, 5.41) is 6.21. The van der Waals surface area contributed by atoms with E-state index in [0.717, 1.165) is 16.2 Å². The maximum atomic E-state index is 13.6. The number of anilines is 1. The molecule has 0 aliphatic heterocycles. The zero-order chi connectivity index (χ0) is 18.0. The summed E-state index contributed by atoms with van der Waals surface area (Å²) < 4.78 is 14.5. The number of hydrogen-bond acceptors (Lipinski definition) is 3. The molecule has 1 heterocycles. The minimum absolute atomic E-state index is 0.0106. The Morgan fingerprint density at radius 2 is 1.88 bits per heavy atom. The van der Waals surface area contributed by atoms with E-state index in [-0.39, 0.29) is 17.3 Å². The summed E-state index contributed by atoms with van der Waals surface area (Å²) >= 11 is 13.1. The van der Waals surface area contributed by atoms with Gasteiger partial charge in [0.05, 0.1) is 17.3 Å². The number of rotatable bonds is 4. The number of fused-ring (bicyclic) bond motifs is 1. The molecule has 3 aromatic rings. The summed E-state index contributed by atoms with van der Waals surface area (Å²) in [5.74, 6) is -1.68. The summed E-state index contributed by atoms with van der Waals surface area (Å²) in [4.78, 5) is 24.5. The van der Waals surface area contributed by atoms with Gasteiger partial charge in [0.1, 0.15) is 10.7 Å². The Kier molecular flexibility index (Phi) is 5.22. The van der Waals surface area contributed by atoms with E-state index in [9.17, 15) is 14.0 Å². The molecule has 25 heavy (non-hydrogen) atoms. The molecule has 0 spiro atoms. The van der Waals surface area contributed by atoms with Gasteiger partial charge in [-0.05, 0) is 24.3 Å². The van der Waals surface area contributed by atoms with Crippen LogP contribution in [0, 0.1) is 5.82 Å². The van der Waals surface area contributed by atoms with Gasteiger partial charge in [0.25, 0.3) is 5.91 Å². The predicted molar refractivity (Wildman–Crippen MR) is 99.2 cm³/mol. The first kappa shape index (κ1) is 17.7. The smallest absolute Gasteiger partial charge is 0.263 e. The van der Waals surface area contributed by atoms with Crippen LogP contribution in [-0.4, -0.2) is 18.4 Å². The van der Waals surface area contributed by atoms with Crippen LogP contribution in [0.2, 0.25) is 10.0 Å². The predicted octanol–water partition coefficient (Wildman–Crippen LogP) is 4.72. The van der Waals surface area contributed by atoms with Gasteiger partial charge >= 0.3 is 0 Å². The van der Waals surface area contributed by atoms with Crippen LogP contribution < -0.4 is 10.6 Å². The first-order valence-electron chi connectivity index (χ1n) is 7.16. The fraction of sp³-hybridized carbons (Fsp3) is 0.0588. The highest BCUT2D eigenvalue weighted by atomic mass is 35.5. The van der Waals surface area contributed by atoms with E-state index in [4.69, 9.17) is 23.2 Å². The molecule has 2 amide bonds. The topological polar surface area (TPSA) is 58.2 Å². The number of amides is 2. The molecule has 0 aliphatic rings. The van der Waals surface area contributed by atoms with Gasteiger partial charge in [-0.1, -0.05) is 41.4 Å². The first-order chi connectivity index (χ1) is 12.0. The van der Waals surface area contributed by atoms with E-state index < -0.39 is 17.6 Å². The van der Waals surface area contributed by atoms with E-state index >= 15 is 0 Å². The number of thiophene rings is 1. The molecule has 0 bridgehead atoms. The number of halogens is 3. The molecule has 4 nitrogen and oxygen atoms in total. The highest BCUT2D eigenvalue weighted by Gasteiger charge is 2.17. The van der Waals surface area contributed by atoms with Gasteiger partial charge in [0, 0.05) is 15.1 Å². The van der Waals surface area contributed by atoms with Gasteiger partial charge in [-0.15, -0.1) is 11.3 Å². The lowest BCUT2D eigenvalue weighted by Crippen LogP contribution is -2.32. The molecule has 0 saturated heterocycles. The highest BCUT2D eigenvalue weighted by Crippen LogP contribution is 2.34. The lowest BCUT2D eigenvalue weighted by molar-refractivity contribution is -0.115. The summed E-state index contributed by atoms with van der Waals surface area (Å²) in [5.41, 5.74) is -0.0106. The van der Waals surface area contributed by atoms with Crippen molar-refractivity contribution >= 4 is 62.1 Å². The van der Waals surface area contributed by atoms with Gasteiger partial charge in [-0.3, -0.25) is 9.59 Å². The average Bonchev–Trinajstić information content (AvgIpc) is 2.93. The second-order valence-electron chi connectivity index (χ2n) is 5.10. The van der Waals surface area contributed by atoms with E-state index in [1.165, 1.54) is 23.5 Å². The normalized spacial score (nSPS) is 10.7. The zero-order valence-electron chi connectivity index (χ0n) is 12.6. The molecule has 128 valence electrons. The van der Waals surface area contributed by atoms with E-state index in [1.54, 1.807) is 0 Å². The van der Waals surface area contributed by atoms with Crippen LogP contribution in [0.25, 0.3) is 10.1 Å². The van der Waals surface area contributed by atoms with Crippen molar-refractivity contribution in [2.75, 3.05) is 11.9 Å². The van der Waals surface area contributed by atoms with Crippen molar-refractivity contribution in [3.63, 3.8) is 0 Å². The van der Waals surface area contributed by atoms with E-state index in [1.807, 2.05) is 24.3 Å². The summed E-state index contributed by atoms with van der Waals surface area (Å²) in [6.07, 6.45) is 0. The SMILES string of the molecule is O=C(CNC(=O)c1sc2ccccc2c1Cl)Nc1ccc(Cl)cc1F. The Hall–Kier alpha value is -2.15. The summed E-state index contributed by atoms with van der Waals surface area (Å²) in [6.45, 7) is -0.314. The van der Waals surface area contributed by atoms with Crippen LogP contribution in [0.1, 0.15) is 9.67 Å². The van der Waals surface area contributed by atoms with Crippen molar-refractivity contribution in [2.24, 2.45) is 0 Å². The zero-order valence-corrected chi connectivity index (χ0v) is 14.9. The second kappa shape index (κ2) is 7.39. The van der Waals surface area contributed by atoms with Crippen molar-refractivity contribution in [1.29, 1.82) is 0 Å². The quantitative estimate of drug-likeness (QED) is 0.670. The van der Waals surface area contributed by atoms with Gasteiger partial charge in [0.2, 0.25) is 5.91 Å². The van der Waals surface area contributed by atoms with E-state index in [0.29, 0.717) is 9.90 Å². The fourth-order valence-electron chi connectivity index (χ4n) is 2.19. The van der Waals surface area contributed by atoms with Crippen molar-refractivity contribution < 1.29 is 14.0 Å².